The highest BCUT2D eigenvalue weighted by Gasteiger charge is 2.66. The zero-order valence-electron chi connectivity index (χ0n) is 27.8. The molecule has 0 aromatic heterocycles. The maximum absolute atomic E-state index is 15.1. The number of fused-ring (bicyclic) bond motifs is 4. The number of nitrogens with zero attached hydrogens (tertiary/aromatic N) is 1. The number of carboxylic acid groups (broad SMARTS) is 1. The van der Waals surface area contributed by atoms with Crippen molar-refractivity contribution in [2.75, 3.05) is 13.7 Å². The van der Waals surface area contributed by atoms with Crippen LogP contribution >= 0.6 is 0 Å². The fraction of sp³-hybridized carbons (Fsp3) is 0.341. The van der Waals surface area contributed by atoms with Crippen LogP contribution < -0.4 is 4.74 Å². The average molecular weight is 674 g/mol. The normalized spacial score (nSPS) is 27.2. The van der Waals surface area contributed by atoms with Crippen molar-refractivity contribution in [2.24, 2.45) is 23.7 Å². The number of ether oxygens (including phenoxy) is 1. The Hall–Kier alpha value is -5.31. The molecule has 1 heterocycles. The van der Waals surface area contributed by atoms with Gasteiger partial charge in [0.05, 0.1) is 24.4 Å². The van der Waals surface area contributed by atoms with Crippen LogP contribution in [0.1, 0.15) is 61.1 Å². The Morgan fingerprint density at radius 3 is 2.32 bits per heavy atom. The molecule has 6 atom stereocenters. The molecule has 0 spiro atoms. The minimum atomic E-state index is -1.40. The van der Waals surface area contributed by atoms with Gasteiger partial charge in [-0.3, -0.25) is 28.9 Å². The van der Waals surface area contributed by atoms with E-state index >= 15 is 4.79 Å². The number of amides is 2. The molecule has 7 rings (SSSR count). The molecule has 0 unspecified atom stereocenters. The number of allylic oxidation sites excluding steroid dienone is 4. The second-order valence-corrected chi connectivity index (χ2v) is 13.7. The number of benzene rings is 3. The van der Waals surface area contributed by atoms with Crippen LogP contribution in [0.3, 0.4) is 0 Å². The lowest BCUT2D eigenvalue weighted by molar-refractivity contribution is -0.141. The highest BCUT2D eigenvalue weighted by molar-refractivity contribution is 6.31. The Morgan fingerprint density at radius 2 is 1.62 bits per heavy atom. The molecule has 3 aromatic rings. The van der Waals surface area contributed by atoms with E-state index in [-0.39, 0.29) is 48.5 Å². The summed E-state index contributed by atoms with van der Waals surface area (Å²) < 4.78 is 5.83. The van der Waals surface area contributed by atoms with Crippen LogP contribution in [0.15, 0.2) is 96.6 Å². The summed E-state index contributed by atoms with van der Waals surface area (Å²) in [5, 5.41) is 19.5. The van der Waals surface area contributed by atoms with Crippen molar-refractivity contribution in [1.29, 1.82) is 0 Å². The SMILES string of the molecule is COc1cc(O)ccc1[C@H]1C2=CC[C@@H]3C(=O)N(CCCCCC(=O)O)C(=O)[C@@H]3[C@@H]2C[C@H]2C(=O)C(c3ccccc3)=CC(=O)[C@@]12c1ccccc1. The lowest BCUT2D eigenvalue weighted by atomic mass is 9.44. The highest BCUT2D eigenvalue weighted by atomic mass is 16.5. The third-order valence-corrected chi connectivity index (χ3v) is 11.3. The van der Waals surface area contributed by atoms with Gasteiger partial charge in [0.15, 0.2) is 11.6 Å². The minimum Gasteiger partial charge on any atom is -0.508 e. The van der Waals surface area contributed by atoms with Crippen molar-refractivity contribution in [2.45, 2.75) is 49.9 Å². The molecule has 50 heavy (non-hydrogen) atoms. The van der Waals surface area contributed by atoms with Gasteiger partial charge in [-0.15, -0.1) is 0 Å². The quantitative estimate of drug-likeness (QED) is 0.155. The number of methoxy groups -OCH3 is 1. The Labute approximate surface area is 290 Å². The van der Waals surface area contributed by atoms with Gasteiger partial charge in [-0.05, 0) is 54.9 Å². The van der Waals surface area contributed by atoms with Crippen molar-refractivity contribution in [3.63, 3.8) is 0 Å². The summed E-state index contributed by atoms with van der Waals surface area (Å²) in [4.78, 5) is 70.5. The summed E-state index contributed by atoms with van der Waals surface area (Å²) in [6.45, 7) is 0.206. The first-order chi connectivity index (χ1) is 24.2. The van der Waals surface area contributed by atoms with E-state index in [0.717, 1.165) is 5.57 Å². The minimum absolute atomic E-state index is 0.0196. The first kappa shape index (κ1) is 33.2. The number of Topliss-reactive ketones (excluding diaryl/α,β-unsaturated/α-hetero) is 1. The van der Waals surface area contributed by atoms with E-state index in [4.69, 9.17) is 9.84 Å². The molecule has 9 heteroatoms. The van der Waals surface area contributed by atoms with Gasteiger partial charge in [0.25, 0.3) is 0 Å². The van der Waals surface area contributed by atoms with E-state index in [2.05, 4.69) is 0 Å². The highest BCUT2D eigenvalue weighted by Crippen LogP contribution is 2.64. The van der Waals surface area contributed by atoms with Gasteiger partial charge in [0.1, 0.15) is 11.5 Å². The monoisotopic (exact) mass is 673 g/mol. The molecule has 9 nitrogen and oxygen atoms in total. The van der Waals surface area contributed by atoms with Crippen molar-refractivity contribution < 1.29 is 38.9 Å². The summed E-state index contributed by atoms with van der Waals surface area (Å²) in [7, 11) is 1.49. The van der Waals surface area contributed by atoms with E-state index < -0.39 is 41.0 Å². The van der Waals surface area contributed by atoms with Gasteiger partial charge in [-0.25, -0.2) is 0 Å². The molecular weight excluding hydrogens is 634 g/mol. The summed E-state index contributed by atoms with van der Waals surface area (Å²) >= 11 is 0. The zero-order valence-corrected chi connectivity index (χ0v) is 27.8. The number of rotatable bonds is 10. The number of hydrogen-bond acceptors (Lipinski definition) is 7. The Kier molecular flexibility index (Phi) is 8.76. The molecule has 1 aliphatic heterocycles. The number of ketones is 2. The molecule has 0 bridgehead atoms. The Bertz CT molecular complexity index is 1930. The predicted molar refractivity (Wildman–Crippen MR) is 184 cm³/mol. The molecule has 2 N–H and O–H groups in total. The number of aromatic hydroxyl groups is 1. The standard InChI is InChI=1S/C41H39NO8/c1-50-33-21-26(43)16-17-28(33)37-27-18-19-29-36(40(49)42(39(29)48)20-10-4-9-15-35(45)46)31(27)22-32-38(47)30(24-11-5-2-6-12-24)23-34(44)41(32,37)25-13-7-3-8-14-25/h2-3,5-8,11-14,16-18,21,23,29,31-32,36-37,43H,4,9-10,15,19-20,22H2,1H3,(H,45,46)/t29-,31+,32-,36-,37+,41-/m0/s1. The molecule has 3 aliphatic carbocycles. The lowest BCUT2D eigenvalue weighted by Crippen LogP contribution is -2.58. The molecular formula is C41H39NO8. The second kappa shape index (κ2) is 13.2. The van der Waals surface area contributed by atoms with E-state index in [1.807, 2.05) is 66.7 Å². The average Bonchev–Trinajstić information content (AvgIpc) is 3.37. The number of hydrogen-bond donors (Lipinski definition) is 2. The largest absolute Gasteiger partial charge is 0.508 e. The van der Waals surface area contributed by atoms with Gasteiger partial charge in [-0.2, -0.15) is 0 Å². The summed E-state index contributed by atoms with van der Waals surface area (Å²) in [5.74, 6) is -4.97. The molecule has 3 aromatic carbocycles. The van der Waals surface area contributed by atoms with Gasteiger partial charge < -0.3 is 14.9 Å². The van der Waals surface area contributed by atoms with Crippen LogP contribution in [0.25, 0.3) is 5.57 Å². The smallest absolute Gasteiger partial charge is 0.303 e. The van der Waals surface area contributed by atoms with E-state index in [1.165, 1.54) is 30.2 Å². The van der Waals surface area contributed by atoms with Crippen molar-refractivity contribution in [3.8, 4) is 11.5 Å². The molecule has 4 aliphatic rings. The van der Waals surface area contributed by atoms with Gasteiger partial charge >= 0.3 is 5.97 Å². The van der Waals surface area contributed by atoms with Crippen LogP contribution in [0.2, 0.25) is 0 Å². The summed E-state index contributed by atoms with van der Waals surface area (Å²) in [6.07, 6.45) is 5.53. The fourth-order valence-corrected chi connectivity index (χ4v) is 9.17. The second-order valence-electron chi connectivity index (χ2n) is 13.7. The summed E-state index contributed by atoms with van der Waals surface area (Å²) in [6, 6.07) is 23.2. The van der Waals surface area contributed by atoms with Crippen LogP contribution in [-0.2, 0) is 29.4 Å². The predicted octanol–water partition coefficient (Wildman–Crippen LogP) is 5.87. The number of unbranched alkanes of at least 4 members (excludes halogenated alkanes) is 2. The van der Waals surface area contributed by atoms with Crippen LogP contribution in [-0.4, -0.2) is 58.1 Å². The fourth-order valence-electron chi connectivity index (χ4n) is 9.17. The van der Waals surface area contributed by atoms with E-state index in [0.29, 0.717) is 53.7 Å². The number of phenols is 1. The topological polar surface area (TPSA) is 138 Å². The lowest BCUT2D eigenvalue weighted by Gasteiger charge is -2.55. The maximum Gasteiger partial charge on any atom is 0.303 e. The number of aliphatic carboxylic acids is 1. The number of carboxylic acids is 1. The Balaban J connectivity index is 1.39. The van der Waals surface area contributed by atoms with Crippen LogP contribution in [0.4, 0.5) is 0 Å². The number of imide groups is 1. The van der Waals surface area contributed by atoms with E-state index in [1.54, 1.807) is 6.07 Å². The molecule has 0 radical (unpaired) electrons. The van der Waals surface area contributed by atoms with Crippen molar-refractivity contribution >= 4 is 34.9 Å². The first-order valence-electron chi connectivity index (χ1n) is 17.2. The number of likely N-dealkylation sites (tertiary alicyclic amines) is 1. The van der Waals surface area contributed by atoms with Gasteiger partial charge in [-0.1, -0.05) is 84.8 Å². The van der Waals surface area contributed by atoms with Gasteiger partial charge in [0.2, 0.25) is 11.8 Å². The number of carbonyl (C=O) groups excluding carboxylic acids is 4. The molecule has 2 amide bonds. The number of carbonyl (C=O) groups is 5. The zero-order chi connectivity index (χ0) is 35.2. The molecule has 1 saturated heterocycles. The number of phenolic OH excluding ortho intramolecular Hbond substituents is 1. The Morgan fingerprint density at radius 1 is 0.900 bits per heavy atom. The first-order valence-corrected chi connectivity index (χ1v) is 17.2. The molecule has 2 fully saturated rings. The molecule has 1 saturated carbocycles. The van der Waals surface area contributed by atoms with E-state index in [9.17, 15) is 24.3 Å². The third kappa shape index (κ3) is 5.27. The summed E-state index contributed by atoms with van der Waals surface area (Å²) in [5.41, 5.74) is 1.65. The van der Waals surface area contributed by atoms with Crippen molar-refractivity contribution in [1.82, 2.24) is 4.90 Å². The molecule has 256 valence electrons. The van der Waals surface area contributed by atoms with Crippen LogP contribution in [0.5, 0.6) is 11.5 Å². The third-order valence-electron chi connectivity index (χ3n) is 11.3. The van der Waals surface area contributed by atoms with Crippen molar-refractivity contribution in [3.05, 3.63) is 113 Å². The van der Waals surface area contributed by atoms with Crippen LogP contribution in [0, 0.1) is 23.7 Å². The maximum atomic E-state index is 15.1. The van der Waals surface area contributed by atoms with Gasteiger partial charge in [0, 0.05) is 42.0 Å².